The van der Waals surface area contributed by atoms with Crippen molar-refractivity contribution in [2.45, 2.75) is 32.7 Å². The van der Waals surface area contributed by atoms with E-state index >= 15 is 0 Å². The minimum Gasteiger partial charge on any atom is -0.385 e. The fourth-order valence-corrected chi connectivity index (χ4v) is 2.04. The van der Waals surface area contributed by atoms with Crippen LogP contribution < -0.4 is 5.32 Å². The van der Waals surface area contributed by atoms with Crippen LogP contribution in [0.15, 0.2) is 18.2 Å². The van der Waals surface area contributed by atoms with Gasteiger partial charge in [-0.15, -0.1) is 0 Å². The number of aryl methyl sites for hydroxylation is 1. The van der Waals surface area contributed by atoms with Gasteiger partial charge in [0.05, 0.1) is 0 Å². The summed E-state index contributed by atoms with van der Waals surface area (Å²) in [5, 5.41) is 3.39. The number of ether oxygens (including phenoxy) is 1. The Morgan fingerprint density at radius 1 is 1.31 bits per heavy atom. The summed E-state index contributed by atoms with van der Waals surface area (Å²) in [5.74, 6) is 0. The second-order valence-electron chi connectivity index (χ2n) is 4.27. The maximum atomic E-state index is 5.10. The predicted octanol–water partition coefficient (Wildman–Crippen LogP) is 2.99. The van der Waals surface area contributed by atoms with Gasteiger partial charge in [0.1, 0.15) is 0 Å². The summed E-state index contributed by atoms with van der Waals surface area (Å²) in [6.45, 7) is 5.20. The Morgan fingerprint density at radius 2 is 2.06 bits per heavy atom. The van der Waals surface area contributed by atoms with E-state index in [1.807, 2.05) is 7.05 Å². The molecule has 0 aliphatic carbocycles. The molecule has 2 heteroatoms. The number of benzene rings is 1. The lowest BCUT2D eigenvalue weighted by molar-refractivity contribution is 0.189. The number of hydrogen-bond donors (Lipinski definition) is 1. The third-order valence-corrected chi connectivity index (χ3v) is 3.21. The molecule has 0 aromatic heterocycles. The van der Waals surface area contributed by atoms with Gasteiger partial charge in [-0.25, -0.2) is 0 Å². The van der Waals surface area contributed by atoms with Gasteiger partial charge in [0.25, 0.3) is 0 Å². The molecule has 90 valence electrons. The lowest BCUT2D eigenvalue weighted by atomic mass is 9.95. The van der Waals surface area contributed by atoms with Crippen LogP contribution in [0.2, 0.25) is 0 Å². The zero-order valence-electron chi connectivity index (χ0n) is 10.8. The zero-order chi connectivity index (χ0) is 12.0. The van der Waals surface area contributed by atoms with Crippen LogP contribution in [-0.2, 0) is 4.74 Å². The normalized spacial score (nSPS) is 12.8. The van der Waals surface area contributed by atoms with Crippen molar-refractivity contribution < 1.29 is 4.74 Å². The molecule has 0 amide bonds. The quantitative estimate of drug-likeness (QED) is 0.746. The molecule has 0 heterocycles. The van der Waals surface area contributed by atoms with Crippen molar-refractivity contribution in [1.29, 1.82) is 0 Å². The van der Waals surface area contributed by atoms with E-state index in [0.717, 1.165) is 19.4 Å². The highest BCUT2D eigenvalue weighted by Crippen LogP contribution is 2.23. The van der Waals surface area contributed by atoms with Crippen molar-refractivity contribution in [2.24, 2.45) is 0 Å². The highest BCUT2D eigenvalue weighted by molar-refractivity contribution is 5.35. The van der Waals surface area contributed by atoms with E-state index in [2.05, 4.69) is 37.4 Å². The lowest BCUT2D eigenvalue weighted by Crippen LogP contribution is -2.18. The predicted molar refractivity (Wildman–Crippen MR) is 68.8 cm³/mol. The standard InChI is InChI=1S/C14H23NO/c1-11-7-5-8-13(12(11)2)14(15-3)9-6-10-16-4/h5,7-8,14-15H,6,9-10H2,1-4H3. The average molecular weight is 221 g/mol. The Bertz CT molecular complexity index is 323. The molecule has 1 unspecified atom stereocenters. The fraction of sp³-hybridized carbons (Fsp3) is 0.571. The molecule has 0 aliphatic rings. The molecule has 0 bridgehead atoms. The summed E-state index contributed by atoms with van der Waals surface area (Å²) >= 11 is 0. The Kier molecular flexibility index (Phi) is 5.50. The monoisotopic (exact) mass is 221 g/mol. The molecule has 1 aromatic carbocycles. The topological polar surface area (TPSA) is 21.3 Å². The van der Waals surface area contributed by atoms with Crippen molar-refractivity contribution in [2.75, 3.05) is 20.8 Å². The Labute approximate surface area is 99.0 Å². The van der Waals surface area contributed by atoms with Gasteiger partial charge in [-0.3, -0.25) is 0 Å². The van der Waals surface area contributed by atoms with E-state index < -0.39 is 0 Å². The van der Waals surface area contributed by atoms with Crippen LogP contribution in [0.5, 0.6) is 0 Å². The molecule has 16 heavy (non-hydrogen) atoms. The third kappa shape index (κ3) is 3.32. The summed E-state index contributed by atoms with van der Waals surface area (Å²) < 4.78 is 5.10. The van der Waals surface area contributed by atoms with Crippen molar-refractivity contribution in [1.82, 2.24) is 5.32 Å². The average Bonchev–Trinajstić information content (AvgIpc) is 2.29. The minimum atomic E-state index is 0.440. The van der Waals surface area contributed by atoms with Gasteiger partial charge < -0.3 is 10.1 Å². The van der Waals surface area contributed by atoms with Gasteiger partial charge in [0, 0.05) is 19.8 Å². The SMILES string of the molecule is CNC(CCCOC)c1cccc(C)c1C. The largest absolute Gasteiger partial charge is 0.385 e. The first-order chi connectivity index (χ1) is 7.70. The van der Waals surface area contributed by atoms with Crippen LogP contribution >= 0.6 is 0 Å². The molecule has 0 aliphatic heterocycles. The van der Waals surface area contributed by atoms with E-state index in [1.165, 1.54) is 16.7 Å². The Balaban J connectivity index is 2.74. The highest BCUT2D eigenvalue weighted by Gasteiger charge is 2.11. The van der Waals surface area contributed by atoms with Gasteiger partial charge in [0.15, 0.2) is 0 Å². The van der Waals surface area contributed by atoms with Crippen LogP contribution in [0.25, 0.3) is 0 Å². The van der Waals surface area contributed by atoms with Gasteiger partial charge in [0.2, 0.25) is 0 Å². The van der Waals surface area contributed by atoms with Crippen molar-refractivity contribution in [3.63, 3.8) is 0 Å². The molecular weight excluding hydrogens is 198 g/mol. The van der Waals surface area contributed by atoms with E-state index in [-0.39, 0.29) is 0 Å². The van der Waals surface area contributed by atoms with Gasteiger partial charge in [-0.1, -0.05) is 18.2 Å². The first kappa shape index (κ1) is 13.2. The molecule has 0 saturated heterocycles. The summed E-state index contributed by atoms with van der Waals surface area (Å²) in [4.78, 5) is 0. The second kappa shape index (κ2) is 6.66. The summed E-state index contributed by atoms with van der Waals surface area (Å²) in [6, 6.07) is 6.96. The number of methoxy groups -OCH3 is 1. The van der Waals surface area contributed by atoms with Crippen molar-refractivity contribution in [3.05, 3.63) is 34.9 Å². The fourth-order valence-electron chi connectivity index (χ4n) is 2.04. The first-order valence-corrected chi connectivity index (χ1v) is 5.93. The molecule has 1 atom stereocenters. The maximum absolute atomic E-state index is 5.10. The maximum Gasteiger partial charge on any atom is 0.0462 e. The molecule has 0 fully saturated rings. The van der Waals surface area contributed by atoms with E-state index in [1.54, 1.807) is 7.11 Å². The molecule has 1 aromatic rings. The van der Waals surface area contributed by atoms with Crippen LogP contribution in [0.1, 0.15) is 35.6 Å². The number of hydrogen-bond acceptors (Lipinski definition) is 2. The molecule has 0 saturated carbocycles. The Morgan fingerprint density at radius 3 is 2.69 bits per heavy atom. The van der Waals surface area contributed by atoms with Crippen molar-refractivity contribution in [3.8, 4) is 0 Å². The third-order valence-electron chi connectivity index (χ3n) is 3.21. The molecule has 0 radical (unpaired) electrons. The van der Waals surface area contributed by atoms with E-state index in [0.29, 0.717) is 6.04 Å². The molecule has 0 spiro atoms. The van der Waals surface area contributed by atoms with E-state index in [4.69, 9.17) is 4.74 Å². The lowest BCUT2D eigenvalue weighted by Gasteiger charge is -2.19. The van der Waals surface area contributed by atoms with E-state index in [9.17, 15) is 0 Å². The number of nitrogens with one attached hydrogen (secondary N) is 1. The van der Waals surface area contributed by atoms with Gasteiger partial charge in [-0.2, -0.15) is 0 Å². The number of rotatable bonds is 6. The molecule has 1 N–H and O–H groups in total. The van der Waals surface area contributed by atoms with Crippen LogP contribution in [0.4, 0.5) is 0 Å². The van der Waals surface area contributed by atoms with Crippen LogP contribution in [0, 0.1) is 13.8 Å². The Hall–Kier alpha value is -0.860. The summed E-state index contributed by atoms with van der Waals surface area (Å²) in [6.07, 6.45) is 2.21. The zero-order valence-corrected chi connectivity index (χ0v) is 10.8. The molecule has 1 rings (SSSR count). The van der Waals surface area contributed by atoms with Gasteiger partial charge >= 0.3 is 0 Å². The van der Waals surface area contributed by atoms with Gasteiger partial charge in [-0.05, 0) is 50.4 Å². The second-order valence-corrected chi connectivity index (χ2v) is 4.27. The van der Waals surface area contributed by atoms with Crippen molar-refractivity contribution >= 4 is 0 Å². The summed E-state index contributed by atoms with van der Waals surface area (Å²) in [7, 11) is 3.78. The molecule has 2 nitrogen and oxygen atoms in total. The van der Waals surface area contributed by atoms with Crippen LogP contribution in [-0.4, -0.2) is 20.8 Å². The molecular formula is C14H23NO. The van der Waals surface area contributed by atoms with Crippen LogP contribution in [0.3, 0.4) is 0 Å². The minimum absolute atomic E-state index is 0.440. The first-order valence-electron chi connectivity index (χ1n) is 5.93. The summed E-state index contributed by atoms with van der Waals surface area (Å²) in [5.41, 5.74) is 4.18. The smallest absolute Gasteiger partial charge is 0.0462 e. The highest BCUT2D eigenvalue weighted by atomic mass is 16.5.